The van der Waals surface area contributed by atoms with Crippen LogP contribution in [0, 0.1) is 27.4 Å². The third-order valence-corrected chi connectivity index (χ3v) is 5.93. The fraction of sp³-hybridized carbons (Fsp3) is 0. The molecule has 36 heavy (non-hydrogen) atoms. The van der Waals surface area contributed by atoms with Gasteiger partial charge >= 0.3 is 0 Å². The van der Waals surface area contributed by atoms with Gasteiger partial charge in [-0.1, -0.05) is 36.4 Å². The van der Waals surface area contributed by atoms with Gasteiger partial charge in [-0.25, -0.2) is 0 Å². The maximum absolute atomic E-state index is 10.8. The van der Waals surface area contributed by atoms with E-state index in [0.717, 1.165) is 18.5 Å². The minimum atomic E-state index is -0.407. The molecule has 0 amide bonds. The first kappa shape index (κ1) is 27.1. The molecule has 4 rings (SSSR count). The van der Waals surface area contributed by atoms with Gasteiger partial charge in [-0.3, -0.25) is 30.2 Å². The van der Waals surface area contributed by atoms with Gasteiger partial charge in [0.15, 0.2) is 0 Å². The highest BCUT2D eigenvalue weighted by Crippen LogP contribution is 2.20. The summed E-state index contributed by atoms with van der Waals surface area (Å²) in [6.07, 6.45) is 3.03. The molecule has 0 aliphatic heterocycles. The highest BCUT2D eigenvalue weighted by Gasteiger charge is 2.10. The molecule has 4 aromatic rings. The average Bonchev–Trinajstić information content (AvgIpc) is 2.87. The van der Waals surface area contributed by atoms with E-state index in [0.29, 0.717) is 11.1 Å². The van der Waals surface area contributed by atoms with Crippen molar-refractivity contribution in [3.05, 3.63) is 136 Å². The maximum atomic E-state index is 10.8. The van der Waals surface area contributed by atoms with Gasteiger partial charge in [0.25, 0.3) is 11.4 Å². The van der Waals surface area contributed by atoms with Crippen molar-refractivity contribution in [3.63, 3.8) is 0 Å². The van der Waals surface area contributed by atoms with E-state index < -0.39 is 9.85 Å². The van der Waals surface area contributed by atoms with Gasteiger partial charge in [-0.2, -0.15) is 0 Å². The van der Waals surface area contributed by atoms with Crippen LogP contribution in [0.1, 0.15) is 11.1 Å². The molecular weight excluding hydrogens is 686 g/mol. The Bertz CT molecular complexity index is 1330. The van der Waals surface area contributed by atoms with E-state index in [2.05, 4.69) is 55.2 Å². The van der Waals surface area contributed by atoms with Gasteiger partial charge in [0.2, 0.25) is 0 Å². The first-order valence-electron chi connectivity index (χ1n) is 10.4. The highest BCUT2D eigenvalue weighted by atomic mass is 127. The first-order valence-corrected chi connectivity index (χ1v) is 12.6. The van der Waals surface area contributed by atoms with E-state index in [1.54, 1.807) is 36.4 Å². The standard InChI is InChI=1S/2C13H9IN2O2/c2*14-11-5-3-6-12(8-11)15-9-10-4-1-2-7-13(10)16(17)18/h2*1-9H. The molecule has 180 valence electrons. The Morgan fingerprint density at radius 2 is 0.972 bits per heavy atom. The summed E-state index contributed by atoms with van der Waals surface area (Å²) in [4.78, 5) is 29.3. The van der Waals surface area contributed by atoms with Crippen LogP contribution in [-0.2, 0) is 0 Å². The number of nitro benzene ring substituents is 2. The minimum Gasteiger partial charge on any atom is -0.258 e. The Hall–Kier alpha value is -3.52. The summed E-state index contributed by atoms with van der Waals surface area (Å²) in [6, 6.07) is 28.3. The first-order chi connectivity index (χ1) is 17.3. The molecule has 0 fully saturated rings. The van der Waals surface area contributed by atoms with Crippen LogP contribution in [0.15, 0.2) is 107 Å². The summed E-state index contributed by atoms with van der Waals surface area (Å²) in [5.41, 5.74) is 2.68. The fourth-order valence-electron chi connectivity index (χ4n) is 2.93. The average molecular weight is 704 g/mol. The number of hydrogen-bond acceptors (Lipinski definition) is 6. The summed E-state index contributed by atoms with van der Waals surface area (Å²) in [5.74, 6) is 0. The maximum Gasteiger partial charge on any atom is 0.278 e. The van der Waals surface area contributed by atoms with E-state index in [1.807, 2.05) is 48.5 Å². The predicted molar refractivity (Wildman–Crippen MR) is 159 cm³/mol. The van der Waals surface area contributed by atoms with Crippen LogP contribution in [0.3, 0.4) is 0 Å². The molecule has 8 nitrogen and oxygen atoms in total. The zero-order chi connectivity index (χ0) is 25.9. The van der Waals surface area contributed by atoms with Crippen molar-refractivity contribution in [1.29, 1.82) is 0 Å². The molecule has 0 radical (unpaired) electrons. The predicted octanol–water partition coefficient (Wildman–Crippen LogP) is 7.90. The molecule has 0 aromatic heterocycles. The van der Waals surface area contributed by atoms with Crippen molar-refractivity contribution in [3.8, 4) is 0 Å². The van der Waals surface area contributed by atoms with Crippen molar-refractivity contribution >= 4 is 80.4 Å². The van der Waals surface area contributed by atoms with Crippen LogP contribution in [0.25, 0.3) is 0 Å². The normalized spacial score (nSPS) is 10.7. The van der Waals surface area contributed by atoms with E-state index >= 15 is 0 Å². The summed E-state index contributed by atoms with van der Waals surface area (Å²) in [6.45, 7) is 0. The smallest absolute Gasteiger partial charge is 0.258 e. The number of nitro groups is 2. The molecule has 0 unspecified atom stereocenters. The fourth-order valence-corrected chi connectivity index (χ4v) is 3.98. The van der Waals surface area contributed by atoms with Crippen molar-refractivity contribution < 1.29 is 9.85 Å². The van der Waals surface area contributed by atoms with Gasteiger partial charge in [-0.05, 0) is 93.7 Å². The van der Waals surface area contributed by atoms with Crippen LogP contribution in [-0.4, -0.2) is 22.3 Å². The molecule has 10 heteroatoms. The van der Waals surface area contributed by atoms with Crippen LogP contribution in [0.2, 0.25) is 0 Å². The molecule has 0 spiro atoms. The molecule has 0 heterocycles. The number of benzene rings is 4. The van der Waals surface area contributed by atoms with Crippen LogP contribution in [0.5, 0.6) is 0 Å². The SMILES string of the molecule is O=[N+]([O-])c1ccccc1C=Nc1cccc(I)c1.O=[N+]([O-])c1ccccc1C=Nc1cccc(I)c1. The van der Waals surface area contributed by atoms with Gasteiger partial charge in [0.05, 0.1) is 32.3 Å². The zero-order valence-corrected chi connectivity index (χ0v) is 22.9. The lowest BCUT2D eigenvalue weighted by molar-refractivity contribution is -0.385. The second-order valence-electron chi connectivity index (χ2n) is 7.11. The molecule has 0 N–H and O–H groups in total. The van der Waals surface area contributed by atoms with E-state index in [9.17, 15) is 20.2 Å². The minimum absolute atomic E-state index is 0.0619. The number of para-hydroxylation sites is 2. The quantitative estimate of drug-likeness (QED) is 0.0880. The Kier molecular flexibility index (Phi) is 10.2. The largest absolute Gasteiger partial charge is 0.278 e. The van der Waals surface area contributed by atoms with Crippen molar-refractivity contribution in [1.82, 2.24) is 0 Å². The highest BCUT2D eigenvalue weighted by molar-refractivity contribution is 14.1. The Morgan fingerprint density at radius 3 is 1.33 bits per heavy atom. The number of halogens is 2. The van der Waals surface area contributed by atoms with Crippen molar-refractivity contribution in [2.75, 3.05) is 0 Å². The molecule has 0 aliphatic rings. The Morgan fingerprint density at radius 1 is 0.583 bits per heavy atom. The second-order valence-corrected chi connectivity index (χ2v) is 9.60. The number of nitrogens with zero attached hydrogens (tertiary/aromatic N) is 4. The Balaban J connectivity index is 0.000000201. The topological polar surface area (TPSA) is 111 Å². The summed E-state index contributed by atoms with van der Waals surface area (Å²) in [7, 11) is 0. The van der Waals surface area contributed by atoms with E-state index in [-0.39, 0.29) is 11.4 Å². The van der Waals surface area contributed by atoms with Crippen LogP contribution < -0.4 is 0 Å². The molecule has 0 aliphatic carbocycles. The van der Waals surface area contributed by atoms with Gasteiger partial charge < -0.3 is 0 Å². The third-order valence-electron chi connectivity index (χ3n) is 4.59. The molecule has 4 aromatic carbocycles. The van der Waals surface area contributed by atoms with Gasteiger partial charge in [0, 0.05) is 31.7 Å². The molecular formula is C26H18I2N4O4. The number of aliphatic imine (C=N–C) groups is 2. The van der Waals surface area contributed by atoms with E-state index in [1.165, 1.54) is 24.6 Å². The van der Waals surface area contributed by atoms with Crippen molar-refractivity contribution in [2.24, 2.45) is 9.98 Å². The molecule has 0 atom stereocenters. The monoisotopic (exact) mass is 704 g/mol. The number of hydrogen-bond donors (Lipinski definition) is 0. The lowest BCUT2D eigenvalue weighted by Gasteiger charge is -1.97. The summed E-state index contributed by atoms with van der Waals surface area (Å²) in [5, 5.41) is 21.7. The lowest BCUT2D eigenvalue weighted by atomic mass is 10.2. The van der Waals surface area contributed by atoms with Crippen LogP contribution in [0.4, 0.5) is 22.7 Å². The van der Waals surface area contributed by atoms with Crippen LogP contribution >= 0.6 is 45.2 Å². The molecule has 0 bridgehead atoms. The number of rotatable bonds is 6. The lowest BCUT2D eigenvalue weighted by Crippen LogP contribution is -1.93. The molecule has 0 saturated carbocycles. The van der Waals surface area contributed by atoms with Crippen molar-refractivity contribution in [2.45, 2.75) is 0 Å². The third kappa shape index (κ3) is 8.30. The van der Waals surface area contributed by atoms with E-state index in [4.69, 9.17) is 0 Å². The summed E-state index contributed by atoms with van der Waals surface area (Å²) >= 11 is 4.39. The Labute approximate surface area is 234 Å². The second kappa shape index (κ2) is 13.5. The summed E-state index contributed by atoms with van der Waals surface area (Å²) < 4.78 is 2.15. The van der Waals surface area contributed by atoms with Gasteiger partial charge in [-0.15, -0.1) is 0 Å². The zero-order valence-electron chi connectivity index (χ0n) is 18.6. The molecule has 0 saturated heterocycles. The van der Waals surface area contributed by atoms with Gasteiger partial charge in [0.1, 0.15) is 0 Å².